The summed E-state index contributed by atoms with van der Waals surface area (Å²) in [5, 5.41) is 11.8. The van der Waals surface area contributed by atoms with Crippen molar-refractivity contribution in [2.24, 2.45) is 11.8 Å². The first-order valence-electron chi connectivity index (χ1n) is 7.36. The predicted molar refractivity (Wildman–Crippen MR) is 79.9 cm³/mol. The molecule has 2 N–H and O–H groups in total. The number of carboxylic acids is 1. The zero-order valence-electron chi connectivity index (χ0n) is 12.7. The average Bonchev–Trinajstić information content (AvgIpc) is 2.50. The van der Waals surface area contributed by atoms with Crippen molar-refractivity contribution in [3.63, 3.8) is 0 Å². The molecule has 0 aliphatic carbocycles. The summed E-state index contributed by atoms with van der Waals surface area (Å²) in [6.45, 7) is 4.11. The number of fused-ring (bicyclic) bond motifs is 1. The molecule has 0 spiro atoms. The van der Waals surface area contributed by atoms with Crippen molar-refractivity contribution in [3.8, 4) is 11.5 Å². The minimum atomic E-state index is -0.903. The van der Waals surface area contributed by atoms with Crippen LogP contribution in [0.1, 0.15) is 20.3 Å². The Hall–Kier alpha value is -2.24. The normalized spacial score (nSPS) is 17.9. The molecule has 0 saturated heterocycles. The number of carbonyl (C=O) groups excluding carboxylic acids is 1. The largest absolute Gasteiger partial charge is 0.485 e. The van der Waals surface area contributed by atoms with Gasteiger partial charge in [-0.25, -0.2) is 0 Å². The molecule has 1 aromatic rings. The Kier molecular flexibility index (Phi) is 5.25. The maximum absolute atomic E-state index is 12.1. The van der Waals surface area contributed by atoms with E-state index in [1.807, 2.05) is 19.9 Å². The summed E-state index contributed by atoms with van der Waals surface area (Å²) in [4.78, 5) is 23.3. The van der Waals surface area contributed by atoms with E-state index in [0.717, 1.165) is 0 Å². The second-order valence-electron chi connectivity index (χ2n) is 5.77. The summed E-state index contributed by atoms with van der Waals surface area (Å²) in [6.07, 6.45) is -0.246. The van der Waals surface area contributed by atoms with E-state index >= 15 is 0 Å². The lowest BCUT2D eigenvalue weighted by atomic mass is 9.97. The number of para-hydroxylation sites is 2. The van der Waals surface area contributed by atoms with E-state index in [1.54, 1.807) is 18.2 Å². The molecule has 2 rings (SSSR count). The van der Waals surface area contributed by atoms with Crippen molar-refractivity contribution < 1.29 is 24.2 Å². The first-order valence-corrected chi connectivity index (χ1v) is 7.36. The molecule has 0 radical (unpaired) electrons. The summed E-state index contributed by atoms with van der Waals surface area (Å²) in [6, 6.07) is 7.12. The summed E-state index contributed by atoms with van der Waals surface area (Å²) >= 11 is 0. The Labute approximate surface area is 129 Å². The minimum Gasteiger partial charge on any atom is -0.485 e. The van der Waals surface area contributed by atoms with E-state index in [4.69, 9.17) is 14.6 Å². The molecule has 2 unspecified atom stereocenters. The fourth-order valence-corrected chi connectivity index (χ4v) is 2.33. The molecule has 0 fully saturated rings. The van der Waals surface area contributed by atoms with Crippen molar-refractivity contribution in [1.82, 2.24) is 5.32 Å². The quantitative estimate of drug-likeness (QED) is 0.835. The van der Waals surface area contributed by atoms with Gasteiger partial charge in [-0.15, -0.1) is 0 Å². The van der Waals surface area contributed by atoms with Gasteiger partial charge in [0.05, 0.1) is 5.92 Å². The topological polar surface area (TPSA) is 84.9 Å². The van der Waals surface area contributed by atoms with Crippen LogP contribution < -0.4 is 14.8 Å². The highest BCUT2D eigenvalue weighted by Crippen LogP contribution is 2.30. The van der Waals surface area contributed by atoms with Crippen LogP contribution in [0.2, 0.25) is 0 Å². The molecular weight excluding hydrogens is 286 g/mol. The van der Waals surface area contributed by atoms with E-state index < -0.39 is 18.0 Å². The Morgan fingerprint density at radius 1 is 1.32 bits per heavy atom. The molecule has 0 saturated carbocycles. The number of rotatable bonds is 6. The van der Waals surface area contributed by atoms with Gasteiger partial charge in [0.2, 0.25) is 6.10 Å². The average molecular weight is 307 g/mol. The standard InChI is InChI=1S/C16H21NO5/c1-10(2)7-11(16(19)20)8-17-15(18)14-9-21-12-5-3-4-6-13(12)22-14/h3-6,10-11,14H,7-9H2,1-2H3,(H,17,18)(H,19,20). The van der Waals surface area contributed by atoms with Crippen molar-refractivity contribution in [3.05, 3.63) is 24.3 Å². The summed E-state index contributed by atoms with van der Waals surface area (Å²) in [7, 11) is 0. The molecule has 1 aliphatic heterocycles. The van der Waals surface area contributed by atoms with Crippen LogP contribution in [0, 0.1) is 11.8 Å². The predicted octanol–water partition coefficient (Wildman–Crippen LogP) is 1.69. The molecule has 6 heteroatoms. The summed E-state index contributed by atoms with van der Waals surface area (Å²) < 4.78 is 11.1. The number of amides is 1. The number of ether oxygens (including phenoxy) is 2. The van der Waals surface area contributed by atoms with Crippen molar-refractivity contribution in [2.75, 3.05) is 13.2 Å². The molecule has 1 aromatic carbocycles. The van der Waals surface area contributed by atoms with Crippen LogP contribution in [-0.4, -0.2) is 36.2 Å². The zero-order valence-corrected chi connectivity index (χ0v) is 12.7. The van der Waals surface area contributed by atoms with Gasteiger partial charge in [0, 0.05) is 6.54 Å². The molecule has 2 atom stereocenters. The van der Waals surface area contributed by atoms with Crippen molar-refractivity contribution >= 4 is 11.9 Å². The lowest BCUT2D eigenvalue weighted by molar-refractivity contribution is -0.142. The number of hydrogen-bond donors (Lipinski definition) is 2. The number of hydrogen-bond acceptors (Lipinski definition) is 4. The number of nitrogens with one attached hydrogen (secondary N) is 1. The van der Waals surface area contributed by atoms with Gasteiger partial charge in [0.25, 0.3) is 5.91 Å². The second-order valence-corrected chi connectivity index (χ2v) is 5.77. The highest BCUT2D eigenvalue weighted by molar-refractivity contribution is 5.82. The maximum atomic E-state index is 12.1. The van der Waals surface area contributed by atoms with Gasteiger partial charge >= 0.3 is 5.97 Å². The van der Waals surface area contributed by atoms with Crippen LogP contribution in [0.3, 0.4) is 0 Å². The maximum Gasteiger partial charge on any atom is 0.308 e. The lowest BCUT2D eigenvalue weighted by Crippen LogP contribution is -2.46. The Morgan fingerprint density at radius 2 is 2.00 bits per heavy atom. The monoisotopic (exact) mass is 307 g/mol. The third-order valence-corrected chi connectivity index (χ3v) is 3.43. The van der Waals surface area contributed by atoms with Crippen LogP contribution in [0.15, 0.2) is 24.3 Å². The third kappa shape index (κ3) is 4.13. The van der Waals surface area contributed by atoms with Crippen LogP contribution in [0.25, 0.3) is 0 Å². The second kappa shape index (κ2) is 7.15. The smallest absolute Gasteiger partial charge is 0.308 e. The fourth-order valence-electron chi connectivity index (χ4n) is 2.33. The van der Waals surface area contributed by atoms with Gasteiger partial charge in [-0.1, -0.05) is 26.0 Å². The first kappa shape index (κ1) is 16.1. The highest BCUT2D eigenvalue weighted by atomic mass is 16.6. The van der Waals surface area contributed by atoms with Crippen molar-refractivity contribution in [1.29, 1.82) is 0 Å². The van der Waals surface area contributed by atoms with Crippen molar-refractivity contribution in [2.45, 2.75) is 26.4 Å². The molecule has 1 heterocycles. The molecular formula is C16H21NO5. The summed E-state index contributed by atoms with van der Waals surface area (Å²) in [5.41, 5.74) is 0. The Balaban J connectivity index is 1.89. The van der Waals surface area contributed by atoms with Crippen LogP contribution in [0.5, 0.6) is 11.5 Å². The fraction of sp³-hybridized carbons (Fsp3) is 0.500. The Bertz CT molecular complexity index is 543. The van der Waals surface area contributed by atoms with Crippen LogP contribution in [0.4, 0.5) is 0 Å². The van der Waals surface area contributed by atoms with Gasteiger partial charge in [-0.3, -0.25) is 9.59 Å². The molecule has 0 aromatic heterocycles. The van der Waals surface area contributed by atoms with E-state index in [1.165, 1.54) is 0 Å². The molecule has 22 heavy (non-hydrogen) atoms. The van der Waals surface area contributed by atoms with E-state index in [9.17, 15) is 9.59 Å². The lowest BCUT2D eigenvalue weighted by Gasteiger charge is -2.26. The Morgan fingerprint density at radius 3 is 2.64 bits per heavy atom. The van der Waals surface area contributed by atoms with Gasteiger partial charge < -0.3 is 19.9 Å². The molecule has 1 aliphatic rings. The van der Waals surface area contributed by atoms with Gasteiger partial charge in [0.1, 0.15) is 6.61 Å². The van der Waals surface area contributed by atoms with Crippen LogP contribution >= 0.6 is 0 Å². The van der Waals surface area contributed by atoms with Crippen LogP contribution in [-0.2, 0) is 9.59 Å². The third-order valence-electron chi connectivity index (χ3n) is 3.43. The highest BCUT2D eigenvalue weighted by Gasteiger charge is 2.28. The SMILES string of the molecule is CC(C)CC(CNC(=O)C1COc2ccccc2O1)C(=O)O. The first-order chi connectivity index (χ1) is 10.5. The zero-order chi connectivity index (χ0) is 16.1. The minimum absolute atomic E-state index is 0.0911. The molecule has 6 nitrogen and oxygen atoms in total. The molecule has 120 valence electrons. The number of aliphatic carboxylic acids is 1. The van der Waals surface area contributed by atoms with Gasteiger partial charge in [-0.05, 0) is 24.5 Å². The van der Waals surface area contributed by atoms with Gasteiger partial charge in [0.15, 0.2) is 11.5 Å². The number of carboxylic acid groups (broad SMARTS) is 1. The number of benzene rings is 1. The van der Waals surface area contributed by atoms with E-state index in [2.05, 4.69) is 5.32 Å². The van der Waals surface area contributed by atoms with E-state index in [-0.39, 0.29) is 25.0 Å². The molecule has 0 bridgehead atoms. The van der Waals surface area contributed by atoms with E-state index in [0.29, 0.717) is 17.9 Å². The number of carbonyl (C=O) groups is 2. The molecule has 1 amide bonds. The van der Waals surface area contributed by atoms with Gasteiger partial charge in [-0.2, -0.15) is 0 Å². The summed E-state index contributed by atoms with van der Waals surface area (Å²) in [5.74, 6) is -0.481.